The lowest BCUT2D eigenvalue weighted by Crippen LogP contribution is -2.22. The molecule has 2 rings (SSSR count). The highest BCUT2D eigenvalue weighted by molar-refractivity contribution is 5.80. The topological polar surface area (TPSA) is 69.1 Å². The first-order chi connectivity index (χ1) is 8.27. The highest BCUT2D eigenvalue weighted by Gasteiger charge is 2.21. The fraction of sp³-hybridized carbons (Fsp3) is 0.231. The third kappa shape index (κ3) is 2.93. The molecular formula is C13H14N2O2. The minimum absolute atomic E-state index is 0.397. The number of nitrogens with zero attached hydrogens (tertiary/aromatic N) is 1. The number of carbonyl (C=O) groups is 1. The van der Waals surface area contributed by atoms with Gasteiger partial charge in [0.15, 0.2) is 0 Å². The second-order valence-electron chi connectivity index (χ2n) is 3.85. The third-order valence-electron chi connectivity index (χ3n) is 2.66. The summed E-state index contributed by atoms with van der Waals surface area (Å²) in [6.07, 6.45) is 4.36. The summed E-state index contributed by atoms with van der Waals surface area (Å²) in [6.45, 7) is 0. The molecule has 0 fully saturated rings. The second kappa shape index (κ2) is 5.30. The van der Waals surface area contributed by atoms with Gasteiger partial charge in [-0.1, -0.05) is 30.3 Å². The van der Waals surface area contributed by atoms with E-state index in [9.17, 15) is 4.79 Å². The summed E-state index contributed by atoms with van der Waals surface area (Å²) in [5.41, 5.74) is 6.52. The van der Waals surface area contributed by atoms with E-state index in [4.69, 9.17) is 10.2 Å². The summed E-state index contributed by atoms with van der Waals surface area (Å²) < 4.78 is 5.13. The summed E-state index contributed by atoms with van der Waals surface area (Å²) in [4.78, 5) is 15.3. The quantitative estimate of drug-likeness (QED) is 0.852. The normalized spacial score (nSPS) is 12.2. The molecular weight excluding hydrogens is 216 g/mol. The third-order valence-corrected chi connectivity index (χ3v) is 2.66. The Bertz CT molecular complexity index is 465. The molecule has 1 aromatic heterocycles. The zero-order chi connectivity index (χ0) is 12.1. The van der Waals surface area contributed by atoms with Crippen molar-refractivity contribution in [1.29, 1.82) is 0 Å². The molecule has 1 aromatic carbocycles. The van der Waals surface area contributed by atoms with E-state index in [1.54, 1.807) is 0 Å². The van der Waals surface area contributed by atoms with E-state index in [-0.39, 0.29) is 0 Å². The SMILES string of the molecule is NC(=O)C(CCc1ccccc1)c1ncco1. The first kappa shape index (κ1) is 11.4. The Balaban J connectivity index is 2.03. The smallest absolute Gasteiger partial charge is 0.229 e. The molecule has 1 heterocycles. The summed E-state index contributed by atoms with van der Waals surface area (Å²) >= 11 is 0. The van der Waals surface area contributed by atoms with Gasteiger partial charge in [-0.05, 0) is 18.4 Å². The lowest BCUT2D eigenvalue weighted by Gasteiger charge is -2.09. The van der Waals surface area contributed by atoms with Crippen LogP contribution in [0.3, 0.4) is 0 Å². The largest absolute Gasteiger partial charge is 0.448 e. The van der Waals surface area contributed by atoms with Crippen molar-refractivity contribution in [2.24, 2.45) is 5.73 Å². The van der Waals surface area contributed by atoms with Gasteiger partial charge < -0.3 is 10.2 Å². The molecule has 0 aliphatic rings. The van der Waals surface area contributed by atoms with Gasteiger partial charge >= 0.3 is 0 Å². The van der Waals surface area contributed by atoms with Crippen LogP contribution in [0.15, 0.2) is 47.2 Å². The van der Waals surface area contributed by atoms with Crippen LogP contribution in [0.5, 0.6) is 0 Å². The standard InChI is InChI=1S/C13H14N2O2/c14-12(16)11(13-15-8-9-17-13)7-6-10-4-2-1-3-5-10/h1-5,8-9,11H,6-7H2,(H2,14,16). The predicted molar refractivity (Wildman–Crippen MR) is 63.2 cm³/mol. The van der Waals surface area contributed by atoms with E-state index in [1.165, 1.54) is 18.0 Å². The van der Waals surface area contributed by atoms with Crippen molar-refractivity contribution in [2.45, 2.75) is 18.8 Å². The molecule has 1 amide bonds. The molecule has 4 nitrogen and oxygen atoms in total. The molecule has 0 radical (unpaired) electrons. The van der Waals surface area contributed by atoms with Crippen molar-refractivity contribution < 1.29 is 9.21 Å². The molecule has 2 aromatic rings. The Morgan fingerprint density at radius 3 is 2.71 bits per heavy atom. The molecule has 0 saturated heterocycles. The van der Waals surface area contributed by atoms with E-state index in [2.05, 4.69) is 4.98 Å². The van der Waals surface area contributed by atoms with Crippen LogP contribution in [0.25, 0.3) is 0 Å². The zero-order valence-electron chi connectivity index (χ0n) is 9.37. The van der Waals surface area contributed by atoms with Crippen LogP contribution in [0.2, 0.25) is 0 Å². The average Bonchev–Trinajstić information content (AvgIpc) is 2.84. The number of aryl methyl sites for hydroxylation is 1. The van der Waals surface area contributed by atoms with Crippen molar-refractivity contribution in [1.82, 2.24) is 4.98 Å². The number of carbonyl (C=O) groups excluding carboxylic acids is 1. The molecule has 2 N–H and O–H groups in total. The number of benzene rings is 1. The molecule has 0 aliphatic heterocycles. The summed E-state index contributed by atoms with van der Waals surface area (Å²) in [7, 11) is 0. The molecule has 0 aliphatic carbocycles. The number of hydrogen-bond donors (Lipinski definition) is 1. The highest BCUT2D eigenvalue weighted by atomic mass is 16.3. The van der Waals surface area contributed by atoms with Crippen LogP contribution < -0.4 is 5.73 Å². The molecule has 4 heteroatoms. The van der Waals surface area contributed by atoms with Gasteiger partial charge in [-0.25, -0.2) is 4.98 Å². The predicted octanol–water partition coefficient (Wildman–Crippen LogP) is 1.88. The van der Waals surface area contributed by atoms with Gasteiger partial charge in [0.05, 0.1) is 6.20 Å². The average molecular weight is 230 g/mol. The van der Waals surface area contributed by atoms with Crippen LogP contribution in [-0.2, 0) is 11.2 Å². The minimum Gasteiger partial charge on any atom is -0.448 e. The number of rotatable bonds is 5. The van der Waals surface area contributed by atoms with Crippen molar-refractivity contribution in [3.63, 3.8) is 0 Å². The Kier molecular flexibility index (Phi) is 3.55. The van der Waals surface area contributed by atoms with Crippen molar-refractivity contribution in [3.8, 4) is 0 Å². The monoisotopic (exact) mass is 230 g/mol. The van der Waals surface area contributed by atoms with Gasteiger partial charge in [0.25, 0.3) is 0 Å². The fourth-order valence-electron chi connectivity index (χ4n) is 1.75. The molecule has 0 spiro atoms. The van der Waals surface area contributed by atoms with Crippen LogP contribution in [0, 0.1) is 0 Å². The van der Waals surface area contributed by atoms with Gasteiger partial charge in [0.2, 0.25) is 11.8 Å². The maximum atomic E-state index is 11.3. The number of primary amides is 1. The maximum Gasteiger partial charge on any atom is 0.229 e. The van der Waals surface area contributed by atoms with Crippen LogP contribution in [-0.4, -0.2) is 10.9 Å². The molecule has 1 atom stereocenters. The van der Waals surface area contributed by atoms with Gasteiger partial charge in [0, 0.05) is 0 Å². The molecule has 17 heavy (non-hydrogen) atoms. The maximum absolute atomic E-state index is 11.3. The summed E-state index contributed by atoms with van der Waals surface area (Å²) in [5, 5.41) is 0. The van der Waals surface area contributed by atoms with Gasteiger partial charge in [-0.3, -0.25) is 4.79 Å². The van der Waals surface area contributed by atoms with Crippen LogP contribution in [0.1, 0.15) is 23.8 Å². The zero-order valence-corrected chi connectivity index (χ0v) is 9.37. The van der Waals surface area contributed by atoms with Gasteiger partial charge in [-0.2, -0.15) is 0 Å². The van der Waals surface area contributed by atoms with E-state index in [1.807, 2.05) is 30.3 Å². The molecule has 1 unspecified atom stereocenters. The van der Waals surface area contributed by atoms with Crippen molar-refractivity contribution >= 4 is 5.91 Å². The minimum atomic E-state index is -0.454. The Morgan fingerprint density at radius 1 is 1.35 bits per heavy atom. The lowest BCUT2D eigenvalue weighted by molar-refractivity contribution is -0.120. The van der Waals surface area contributed by atoms with Crippen LogP contribution in [0.4, 0.5) is 0 Å². The Hall–Kier alpha value is -2.10. The van der Waals surface area contributed by atoms with Crippen molar-refractivity contribution in [3.05, 3.63) is 54.2 Å². The summed E-state index contributed by atoms with van der Waals surface area (Å²) in [6, 6.07) is 9.95. The first-order valence-electron chi connectivity index (χ1n) is 5.50. The van der Waals surface area contributed by atoms with Gasteiger partial charge in [0.1, 0.15) is 12.2 Å². The van der Waals surface area contributed by atoms with Crippen molar-refractivity contribution in [2.75, 3.05) is 0 Å². The Morgan fingerprint density at radius 2 is 2.12 bits per heavy atom. The number of hydrogen-bond acceptors (Lipinski definition) is 3. The summed E-state index contributed by atoms with van der Waals surface area (Å²) in [5.74, 6) is -0.456. The number of amides is 1. The highest BCUT2D eigenvalue weighted by Crippen LogP contribution is 2.19. The van der Waals surface area contributed by atoms with Gasteiger partial charge in [-0.15, -0.1) is 0 Å². The van der Waals surface area contributed by atoms with E-state index >= 15 is 0 Å². The van der Waals surface area contributed by atoms with Crippen LogP contribution >= 0.6 is 0 Å². The fourth-order valence-corrected chi connectivity index (χ4v) is 1.75. The molecule has 0 bridgehead atoms. The van der Waals surface area contributed by atoms with E-state index < -0.39 is 11.8 Å². The molecule has 88 valence electrons. The Labute approximate surface area is 99.5 Å². The molecule has 0 saturated carbocycles. The number of aromatic nitrogens is 1. The van der Waals surface area contributed by atoms with E-state index in [0.29, 0.717) is 12.3 Å². The first-order valence-corrected chi connectivity index (χ1v) is 5.50. The number of nitrogens with two attached hydrogens (primary N) is 1. The van der Waals surface area contributed by atoms with E-state index in [0.717, 1.165) is 6.42 Å². The lowest BCUT2D eigenvalue weighted by atomic mass is 9.99. The second-order valence-corrected chi connectivity index (χ2v) is 3.85. The number of oxazole rings is 1.